The number of hydrogen-bond donors (Lipinski definition) is 1. The Kier molecular flexibility index (Phi) is 4.47. The van der Waals surface area contributed by atoms with E-state index in [1.807, 2.05) is 6.92 Å². The lowest BCUT2D eigenvalue weighted by Gasteiger charge is -1.99. The minimum atomic E-state index is -3.74. The fraction of sp³-hybridized carbons (Fsp3) is 1.00. The normalized spacial score (nSPS) is 15.1. The fourth-order valence-corrected chi connectivity index (χ4v) is 1.40. The highest BCUT2D eigenvalue weighted by molar-refractivity contribution is 9.09. The highest BCUT2D eigenvalue weighted by Crippen LogP contribution is 2.06. The van der Waals surface area contributed by atoms with Gasteiger partial charge >= 0.3 is 0 Å². The van der Waals surface area contributed by atoms with Crippen molar-refractivity contribution in [1.29, 1.82) is 0 Å². The Balaban J connectivity index is 3.39. The van der Waals surface area contributed by atoms with Gasteiger partial charge in [-0.1, -0.05) is 22.9 Å². The van der Waals surface area contributed by atoms with Crippen LogP contribution in [0.2, 0.25) is 0 Å². The summed E-state index contributed by atoms with van der Waals surface area (Å²) in [5.41, 5.74) is 0. The van der Waals surface area contributed by atoms with Crippen molar-refractivity contribution in [3.63, 3.8) is 0 Å². The molecular formula is C5H11BrO3S. The van der Waals surface area contributed by atoms with E-state index in [1.54, 1.807) is 0 Å². The van der Waals surface area contributed by atoms with Crippen LogP contribution in [0.5, 0.6) is 0 Å². The molecular weight excluding hydrogens is 220 g/mol. The van der Waals surface area contributed by atoms with E-state index in [4.69, 9.17) is 4.55 Å². The summed E-state index contributed by atoms with van der Waals surface area (Å²) in [7, 11) is -3.74. The Morgan fingerprint density at radius 3 is 2.40 bits per heavy atom. The molecule has 0 aromatic carbocycles. The zero-order valence-electron chi connectivity index (χ0n) is 5.75. The third-order valence-electron chi connectivity index (χ3n) is 1.00. The summed E-state index contributed by atoms with van der Waals surface area (Å²) in [6.07, 6.45) is 1.27. The van der Waals surface area contributed by atoms with Gasteiger partial charge in [0, 0.05) is 4.83 Å². The molecule has 3 nitrogen and oxygen atoms in total. The second-order valence-electron chi connectivity index (χ2n) is 2.21. The standard InChI is InChI=1S/C5H11BrO3S/c1-5(6)3-2-4-10(7,8)9/h5H,2-4H2,1H3,(H,7,8,9). The molecule has 10 heavy (non-hydrogen) atoms. The van der Waals surface area contributed by atoms with Crippen LogP contribution in [0.15, 0.2) is 0 Å². The molecule has 1 atom stereocenters. The molecule has 0 rings (SSSR count). The molecule has 0 radical (unpaired) electrons. The van der Waals surface area contributed by atoms with Crippen molar-refractivity contribution in [2.75, 3.05) is 5.75 Å². The van der Waals surface area contributed by atoms with Gasteiger partial charge in [0.25, 0.3) is 10.1 Å². The van der Waals surface area contributed by atoms with Crippen LogP contribution in [-0.4, -0.2) is 23.6 Å². The van der Waals surface area contributed by atoms with Gasteiger partial charge in [0.05, 0.1) is 5.75 Å². The van der Waals surface area contributed by atoms with Crippen LogP contribution in [0.4, 0.5) is 0 Å². The zero-order valence-corrected chi connectivity index (χ0v) is 8.15. The summed E-state index contributed by atoms with van der Waals surface area (Å²) in [5.74, 6) is -0.136. The van der Waals surface area contributed by atoms with Crippen LogP contribution >= 0.6 is 15.9 Å². The number of hydrogen-bond acceptors (Lipinski definition) is 2. The lowest BCUT2D eigenvalue weighted by atomic mass is 10.3. The zero-order chi connectivity index (χ0) is 8.20. The molecule has 0 aliphatic heterocycles. The molecule has 0 heterocycles. The smallest absolute Gasteiger partial charge is 0.264 e. The average molecular weight is 231 g/mol. The van der Waals surface area contributed by atoms with Crippen LogP contribution in [0.25, 0.3) is 0 Å². The first-order valence-electron chi connectivity index (χ1n) is 3.01. The van der Waals surface area contributed by atoms with E-state index in [1.165, 1.54) is 0 Å². The monoisotopic (exact) mass is 230 g/mol. The van der Waals surface area contributed by atoms with Crippen molar-refractivity contribution in [2.45, 2.75) is 24.6 Å². The van der Waals surface area contributed by atoms with Crippen LogP contribution in [0.3, 0.4) is 0 Å². The van der Waals surface area contributed by atoms with Gasteiger partial charge in [0.1, 0.15) is 0 Å². The molecule has 1 unspecified atom stereocenters. The van der Waals surface area contributed by atoms with Crippen molar-refractivity contribution < 1.29 is 13.0 Å². The maximum Gasteiger partial charge on any atom is 0.264 e. The number of alkyl halides is 1. The van der Waals surface area contributed by atoms with Gasteiger partial charge in [-0.25, -0.2) is 0 Å². The molecule has 0 aliphatic rings. The molecule has 0 fully saturated rings. The van der Waals surface area contributed by atoms with E-state index < -0.39 is 10.1 Å². The molecule has 62 valence electrons. The summed E-state index contributed by atoms with van der Waals surface area (Å²) < 4.78 is 28.6. The minimum absolute atomic E-state index is 0.136. The van der Waals surface area contributed by atoms with Gasteiger partial charge in [-0.2, -0.15) is 8.42 Å². The van der Waals surface area contributed by atoms with E-state index >= 15 is 0 Å². The molecule has 1 N–H and O–H groups in total. The Bertz CT molecular complexity index is 173. The predicted molar refractivity (Wildman–Crippen MR) is 44.0 cm³/mol. The molecule has 0 saturated carbocycles. The van der Waals surface area contributed by atoms with Crippen molar-refractivity contribution >= 4 is 26.0 Å². The van der Waals surface area contributed by atoms with Crippen molar-refractivity contribution in [1.82, 2.24) is 0 Å². The average Bonchev–Trinajstić information content (AvgIpc) is 1.59. The quantitative estimate of drug-likeness (QED) is 0.588. The molecule has 0 saturated heterocycles. The van der Waals surface area contributed by atoms with Crippen LogP contribution in [0.1, 0.15) is 19.8 Å². The lowest BCUT2D eigenvalue weighted by Crippen LogP contribution is -2.05. The van der Waals surface area contributed by atoms with Gasteiger partial charge in [-0.05, 0) is 12.8 Å². The minimum Gasteiger partial charge on any atom is -0.286 e. The first kappa shape index (κ1) is 10.4. The molecule has 0 amide bonds. The summed E-state index contributed by atoms with van der Waals surface area (Å²) >= 11 is 3.27. The summed E-state index contributed by atoms with van der Waals surface area (Å²) in [5, 5.41) is 0. The van der Waals surface area contributed by atoms with Crippen LogP contribution in [0, 0.1) is 0 Å². The lowest BCUT2D eigenvalue weighted by molar-refractivity contribution is 0.480. The topological polar surface area (TPSA) is 54.4 Å². The van der Waals surface area contributed by atoms with Gasteiger partial charge in [0.15, 0.2) is 0 Å². The third kappa shape index (κ3) is 8.39. The van der Waals surface area contributed by atoms with Gasteiger partial charge in [0.2, 0.25) is 0 Å². The van der Waals surface area contributed by atoms with Crippen molar-refractivity contribution in [2.24, 2.45) is 0 Å². The largest absolute Gasteiger partial charge is 0.286 e. The second-order valence-corrected chi connectivity index (χ2v) is 5.34. The maximum absolute atomic E-state index is 10.2. The SMILES string of the molecule is CC(Br)CCCS(=O)(=O)O. The number of rotatable bonds is 4. The summed E-state index contributed by atoms with van der Waals surface area (Å²) in [4.78, 5) is 0.314. The van der Waals surface area contributed by atoms with E-state index in [0.29, 0.717) is 11.2 Å². The first-order chi connectivity index (χ1) is 4.42. The molecule has 0 aromatic rings. The van der Waals surface area contributed by atoms with E-state index in [9.17, 15) is 8.42 Å². The molecule has 5 heteroatoms. The maximum atomic E-state index is 10.2. The van der Waals surface area contributed by atoms with E-state index in [-0.39, 0.29) is 5.75 Å². The van der Waals surface area contributed by atoms with E-state index in [0.717, 1.165) is 6.42 Å². The highest BCUT2D eigenvalue weighted by atomic mass is 79.9. The van der Waals surface area contributed by atoms with Crippen molar-refractivity contribution in [3.05, 3.63) is 0 Å². The first-order valence-corrected chi connectivity index (χ1v) is 5.53. The second kappa shape index (κ2) is 4.31. The van der Waals surface area contributed by atoms with Gasteiger partial charge in [-0.15, -0.1) is 0 Å². The Morgan fingerprint density at radius 1 is 1.60 bits per heavy atom. The Labute approximate surface area is 69.7 Å². The molecule has 0 spiro atoms. The highest BCUT2D eigenvalue weighted by Gasteiger charge is 2.04. The fourth-order valence-electron chi connectivity index (χ4n) is 0.547. The Hall–Kier alpha value is 0.390. The Morgan fingerprint density at radius 2 is 2.10 bits per heavy atom. The van der Waals surface area contributed by atoms with E-state index in [2.05, 4.69) is 15.9 Å². The number of halogens is 1. The van der Waals surface area contributed by atoms with Crippen molar-refractivity contribution in [3.8, 4) is 0 Å². The summed E-state index contributed by atoms with van der Waals surface area (Å²) in [6.45, 7) is 1.93. The molecule has 0 bridgehead atoms. The molecule has 0 aliphatic carbocycles. The molecule has 0 aromatic heterocycles. The third-order valence-corrected chi connectivity index (χ3v) is 2.27. The van der Waals surface area contributed by atoms with Gasteiger partial charge < -0.3 is 0 Å². The predicted octanol–water partition coefficient (Wildman–Crippen LogP) is 1.44. The summed E-state index contributed by atoms with van der Waals surface area (Å²) in [6, 6.07) is 0. The van der Waals surface area contributed by atoms with Crippen LogP contribution in [-0.2, 0) is 10.1 Å². The van der Waals surface area contributed by atoms with Gasteiger partial charge in [-0.3, -0.25) is 4.55 Å². The van der Waals surface area contributed by atoms with Crippen LogP contribution < -0.4 is 0 Å².